The van der Waals surface area contributed by atoms with Gasteiger partial charge in [0.2, 0.25) is 5.95 Å². The van der Waals surface area contributed by atoms with Gasteiger partial charge >= 0.3 is 0 Å². The third-order valence-corrected chi connectivity index (χ3v) is 4.71. The Morgan fingerprint density at radius 1 is 1.26 bits per heavy atom. The van der Waals surface area contributed by atoms with Crippen LogP contribution in [0.1, 0.15) is 23.2 Å². The van der Waals surface area contributed by atoms with Gasteiger partial charge in [0.05, 0.1) is 0 Å². The van der Waals surface area contributed by atoms with Crippen LogP contribution < -0.4 is 10.2 Å². The molecule has 0 bridgehead atoms. The van der Waals surface area contributed by atoms with Crippen molar-refractivity contribution in [3.05, 3.63) is 46.7 Å². The first-order valence-corrected chi connectivity index (χ1v) is 8.52. The molecule has 120 valence electrons. The van der Waals surface area contributed by atoms with Crippen LogP contribution in [0, 0.1) is 5.92 Å². The first kappa shape index (κ1) is 15.9. The topological polar surface area (TPSA) is 58.1 Å². The van der Waals surface area contributed by atoms with E-state index in [1.165, 1.54) is 0 Å². The first-order valence-electron chi connectivity index (χ1n) is 7.72. The Kier molecular flexibility index (Phi) is 4.91. The fraction of sp³-hybridized carbons (Fsp3) is 0.353. The number of hydrogen-bond acceptors (Lipinski definition) is 5. The Balaban J connectivity index is 1.69. The number of Topliss-reactive ketones (excluding diaryl/α,β-unsaturated/α-hetero) is 1. The summed E-state index contributed by atoms with van der Waals surface area (Å²) in [5.74, 6) is 1.02. The lowest BCUT2D eigenvalue weighted by atomic mass is 9.88. The van der Waals surface area contributed by atoms with Crippen LogP contribution in [-0.2, 0) is 0 Å². The van der Waals surface area contributed by atoms with Gasteiger partial charge in [-0.15, -0.1) is 0 Å². The van der Waals surface area contributed by atoms with E-state index in [9.17, 15) is 4.79 Å². The number of hydrogen-bond donors (Lipinski definition) is 1. The molecule has 2 heterocycles. The van der Waals surface area contributed by atoms with Crippen LogP contribution in [0.25, 0.3) is 0 Å². The Morgan fingerprint density at radius 2 is 1.96 bits per heavy atom. The molecule has 0 amide bonds. The molecule has 5 nitrogen and oxygen atoms in total. The van der Waals surface area contributed by atoms with Crippen molar-refractivity contribution in [1.82, 2.24) is 9.97 Å². The van der Waals surface area contributed by atoms with Crippen molar-refractivity contribution in [2.75, 3.05) is 30.4 Å². The van der Waals surface area contributed by atoms with Crippen molar-refractivity contribution >= 4 is 33.3 Å². The predicted octanol–water partition coefficient (Wildman–Crippen LogP) is 3.38. The highest BCUT2D eigenvalue weighted by atomic mass is 79.9. The first-order chi connectivity index (χ1) is 11.2. The smallest absolute Gasteiger partial charge is 0.225 e. The lowest BCUT2D eigenvalue weighted by Crippen LogP contribution is -2.37. The molecule has 0 spiro atoms. The second-order valence-electron chi connectivity index (χ2n) is 5.61. The molecule has 1 aromatic carbocycles. The molecule has 1 aromatic heterocycles. The summed E-state index contributed by atoms with van der Waals surface area (Å²) in [6.45, 7) is 1.62. The average Bonchev–Trinajstić information content (AvgIpc) is 2.62. The maximum atomic E-state index is 12.8. The molecular weight excluding hydrogens is 356 g/mol. The number of carbonyl (C=O) groups is 1. The number of carbonyl (C=O) groups excluding carboxylic acids is 1. The van der Waals surface area contributed by atoms with E-state index in [2.05, 4.69) is 36.1 Å². The largest absolute Gasteiger partial charge is 0.388 e. The van der Waals surface area contributed by atoms with Gasteiger partial charge in [-0.3, -0.25) is 4.79 Å². The summed E-state index contributed by atoms with van der Waals surface area (Å²) < 4.78 is 0.967. The van der Waals surface area contributed by atoms with E-state index in [4.69, 9.17) is 0 Å². The summed E-state index contributed by atoms with van der Waals surface area (Å²) in [7, 11) is 1.84. The standard InChI is InChI=1S/C17H19BrN4O/c1-19-15-11-13(18)3-4-14(15)16(23)12-5-9-22(10-6-12)17-20-7-2-8-21-17/h2-4,7-8,11-12,19H,5-6,9-10H2,1H3. The van der Waals surface area contributed by atoms with Crippen molar-refractivity contribution in [3.63, 3.8) is 0 Å². The summed E-state index contributed by atoms with van der Waals surface area (Å²) in [4.78, 5) is 23.5. The van der Waals surface area contributed by atoms with Crippen LogP contribution in [0.4, 0.5) is 11.6 Å². The SMILES string of the molecule is CNc1cc(Br)ccc1C(=O)C1CCN(c2ncccn2)CC1. The zero-order valence-electron chi connectivity index (χ0n) is 13.0. The molecule has 1 fully saturated rings. The van der Waals surface area contributed by atoms with Crippen LogP contribution in [-0.4, -0.2) is 35.9 Å². The number of anilines is 2. The molecule has 23 heavy (non-hydrogen) atoms. The average molecular weight is 375 g/mol. The van der Waals surface area contributed by atoms with Crippen LogP contribution >= 0.6 is 15.9 Å². The monoisotopic (exact) mass is 374 g/mol. The highest BCUT2D eigenvalue weighted by Gasteiger charge is 2.28. The van der Waals surface area contributed by atoms with Gasteiger partial charge in [0.1, 0.15) is 0 Å². The second kappa shape index (κ2) is 7.08. The van der Waals surface area contributed by atoms with E-state index < -0.39 is 0 Å². The van der Waals surface area contributed by atoms with E-state index in [0.29, 0.717) is 0 Å². The zero-order chi connectivity index (χ0) is 16.2. The third-order valence-electron chi connectivity index (χ3n) is 4.22. The Hall–Kier alpha value is -1.95. The summed E-state index contributed by atoms with van der Waals surface area (Å²) in [6, 6.07) is 7.57. The van der Waals surface area contributed by atoms with E-state index in [1.807, 2.05) is 31.3 Å². The number of aromatic nitrogens is 2. The molecular formula is C17H19BrN4O. The van der Waals surface area contributed by atoms with E-state index in [0.717, 1.165) is 47.6 Å². The summed E-state index contributed by atoms with van der Waals surface area (Å²) in [5.41, 5.74) is 1.64. The highest BCUT2D eigenvalue weighted by Crippen LogP contribution is 2.28. The van der Waals surface area contributed by atoms with Crippen LogP contribution in [0.15, 0.2) is 41.1 Å². The normalized spacial score (nSPS) is 15.5. The minimum absolute atomic E-state index is 0.0586. The predicted molar refractivity (Wildman–Crippen MR) is 95.0 cm³/mol. The molecule has 0 atom stereocenters. The van der Waals surface area contributed by atoms with Crippen molar-refractivity contribution in [3.8, 4) is 0 Å². The fourth-order valence-corrected chi connectivity index (χ4v) is 3.32. The van der Waals surface area contributed by atoms with Gasteiger partial charge in [0.15, 0.2) is 5.78 Å². The highest BCUT2D eigenvalue weighted by molar-refractivity contribution is 9.10. The van der Waals surface area contributed by atoms with Gasteiger partial charge in [0, 0.05) is 54.2 Å². The third kappa shape index (κ3) is 3.52. The molecule has 2 aromatic rings. The zero-order valence-corrected chi connectivity index (χ0v) is 14.6. The van der Waals surface area contributed by atoms with Gasteiger partial charge in [0.25, 0.3) is 0 Å². The van der Waals surface area contributed by atoms with Gasteiger partial charge < -0.3 is 10.2 Å². The lowest BCUT2D eigenvalue weighted by molar-refractivity contribution is 0.0901. The molecule has 0 unspecified atom stereocenters. The number of benzene rings is 1. The second-order valence-corrected chi connectivity index (χ2v) is 6.53. The Labute approximate surface area is 144 Å². The number of ketones is 1. The van der Waals surface area contributed by atoms with Crippen molar-refractivity contribution in [2.24, 2.45) is 5.92 Å². The summed E-state index contributed by atoms with van der Waals surface area (Å²) in [6.07, 6.45) is 5.16. The van der Waals surface area contributed by atoms with Gasteiger partial charge in [-0.2, -0.15) is 0 Å². The van der Waals surface area contributed by atoms with E-state index in [1.54, 1.807) is 12.4 Å². The van der Waals surface area contributed by atoms with Gasteiger partial charge in [-0.25, -0.2) is 9.97 Å². The molecule has 1 aliphatic rings. The number of nitrogens with zero attached hydrogens (tertiary/aromatic N) is 3. The number of nitrogens with one attached hydrogen (secondary N) is 1. The fourth-order valence-electron chi connectivity index (χ4n) is 2.95. The van der Waals surface area contributed by atoms with Crippen molar-refractivity contribution in [2.45, 2.75) is 12.8 Å². The van der Waals surface area contributed by atoms with Crippen LogP contribution in [0.3, 0.4) is 0 Å². The number of halogens is 1. The van der Waals surface area contributed by atoms with Crippen molar-refractivity contribution < 1.29 is 4.79 Å². The Bertz CT molecular complexity index is 684. The molecule has 3 rings (SSSR count). The lowest BCUT2D eigenvalue weighted by Gasteiger charge is -2.31. The summed E-state index contributed by atoms with van der Waals surface area (Å²) >= 11 is 3.44. The minimum atomic E-state index is 0.0586. The molecule has 1 aliphatic heterocycles. The molecule has 0 aliphatic carbocycles. The molecule has 6 heteroatoms. The molecule has 1 saturated heterocycles. The molecule has 1 N–H and O–H groups in total. The van der Waals surface area contributed by atoms with Crippen molar-refractivity contribution in [1.29, 1.82) is 0 Å². The number of piperidine rings is 1. The quantitative estimate of drug-likeness (QED) is 0.831. The minimum Gasteiger partial charge on any atom is -0.388 e. The maximum Gasteiger partial charge on any atom is 0.225 e. The maximum absolute atomic E-state index is 12.8. The van der Waals surface area contributed by atoms with Gasteiger partial charge in [-0.1, -0.05) is 15.9 Å². The van der Waals surface area contributed by atoms with Crippen LogP contribution in [0.5, 0.6) is 0 Å². The molecule has 0 saturated carbocycles. The summed E-state index contributed by atoms with van der Waals surface area (Å²) in [5, 5.41) is 3.11. The van der Waals surface area contributed by atoms with Crippen LogP contribution in [0.2, 0.25) is 0 Å². The van der Waals surface area contributed by atoms with E-state index in [-0.39, 0.29) is 11.7 Å². The van der Waals surface area contributed by atoms with E-state index >= 15 is 0 Å². The molecule has 0 radical (unpaired) electrons. The number of rotatable bonds is 4. The van der Waals surface area contributed by atoms with Gasteiger partial charge in [-0.05, 0) is 37.1 Å². The Morgan fingerprint density at radius 3 is 2.61 bits per heavy atom.